The molecule has 2 nitrogen and oxygen atoms in total. The summed E-state index contributed by atoms with van der Waals surface area (Å²) in [5, 5.41) is 0. The number of carbonyl (C=O) groups is 1. The van der Waals surface area contributed by atoms with E-state index >= 15 is 0 Å². The molecule has 0 aromatic rings. The zero-order valence-corrected chi connectivity index (χ0v) is 16.4. The fourth-order valence-corrected chi connectivity index (χ4v) is 3.03. The third-order valence-electron chi connectivity index (χ3n) is 4.72. The molecule has 0 N–H and O–H groups in total. The Morgan fingerprint density at radius 3 is 1.74 bits per heavy atom. The maximum absolute atomic E-state index is 12.2. The third-order valence-corrected chi connectivity index (χ3v) is 4.72. The molecule has 0 aromatic carbocycles. The minimum atomic E-state index is 0.0412. The van der Waals surface area contributed by atoms with Gasteiger partial charge >= 0.3 is 5.97 Å². The maximum Gasteiger partial charge on any atom is 0.309 e. The summed E-state index contributed by atoms with van der Waals surface area (Å²) in [5.74, 6) is 0.531. The Hall–Kier alpha value is -0.530. The minimum Gasteiger partial charge on any atom is -0.465 e. The number of unbranched alkanes of at least 4 members (excludes halogenated alkanes) is 10. The van der Waals surface area contributed by atoms with Crippen LogP contribution in [0.25, 0.3) is 0 Å². The molecule has 0 aromatic heterocycles. The van der Waals surface area contributed by atoms with Crippen molar-refractivity contribution >= 4 is 5.97 Å². The Kier molecular flexibility index (Phi) is 16.0. The van der Waals surface area contributed by atoms with Crippen LogP contribution in [0.3, 0.4) is 0 Å². The predicted molar refractivity (Wildman–Crippen MR) is 101 cm³/mol. The third kappa shape index (κ3) is 13.6. The highest BCUT2D eigenvalue weighted by Crippen LogP contribution is 2.21. The normalized spacial score (nSPS) is 12.6. The van der Waals surface area contributed by atoms with Crippen molar-refractivity contribution in [3.05, 3.63) is 0 Å². The molecule has 0 saturated carbocycles. The Morgan fingerprint density at radius 1 is 0.739 bits per heavy atom. The highest BCUT2D eigenvalue weighted by molar-refractivity contribution is 5.72. The van der Waals surface area contributed by atoms with Gasteiger partial charge in [-0.1, -0.05) is 98.3 Å². The molecule has 0 amide bonds. The van der Waals surface area contributed by atoms with Crippen molar-refractivity contribution < 1.29 is 9.53 Å². The Morgan fingerprint density at radius 2 is 1.22 bits per heavy atom. The van der Waals surface area contributed by atoms with E-state index in [1.165, 1.54) is 70.6 Å². The van der Waals surface area contributed by atoms with Gasteiger partial charge in [0.05, 0.1) is 12.5 Å². The van der Waals surface area contributed by atoms with Crippen LogP contribution in [0.15, 0.2) is 0 Å². The summed E-state index contributed by atoms with van der Waals surface area (Å²) >= 11 is 0. The van der Waals surface area contributed by atoms with E-state index in [9.17, 15) is 4.79 Å². The lowest BCUT2D eigenvalue weighted by Gasteiger charge is -2.19. The molecule has 0 aliphatic heterocycles. The zero-order valence-electron chi connectivity index (χ0n) is 16.4. The molecular weight excluding hydrogens is 284 g/mol. The highest BCUT2D eigenvalue weighted by Gasteiger charge is 2.22. The van der Waals surface area contributed by atoms with Gasteiger partial charge < -0.3 is 4.74 Å². The number of rotatable bonds is 16. The van der Waals surface area contributed by atoms with E-state index in [1.54, 1.807) is 0 Å². The second-order valence-corrected chi connectivity index (χ2v) is 7.34. The first-order valence-electron chi connectivity index (χ1n) is 10.3. The summed E-state index contributed by atoms with van der Waals surface area (Å²) in [6.45, 7) is 9.36. The van der Waals surface area contributed by atoms with Crippen molar-refractivity contribution in [3.8, 4) is 0 Å². The summed E-state index contributed by atoms with van der Waals surface area (Å²) in [6, 6.07) is 0. The second-order valence-electron chi connectivity index (χ2n) is 7.34. The van der Waals surface area contributed by atoms with E-state index in [-0.39, 0.29) is 11.9 Å². The van der Waals surface area contributed by atoms with Gasteiger partial charge in [-0.2, -0.15) is 0 Å². The van der Waals surface area contributed by atoms with Gasteiger partial charge in [-0.25, -0.2) is 0 Å². The SMILES string of the molecule is CCCCCCCCCCC(C(=O)OCCCCCC)C(C)C. The van der Waals surface area contributed by atoms with E-state index < -0.39 is 0 Å². The number of ether oxygens (including phenoxy) is 1. The summed E-state index contributed by atoms with van der Waals surface area (Å²) in [6.07, 6.45) is 16.2. The smallest absolute Gasteiger partial charge is 0.309 e. The predicted octanol–water partition coefficient (Wildman–Crippen LogP) is 6.91. The fraction of sp³-hybridized carbons (Fsp3) is 0.952. The highest BCUT2D eigenvalue weighted by atomic mass is 16.5. The van der Waals surface area contributed by atoms with Gasteiger partial charge in [-0.3, -0.25) is 4.79 Å². The Bertz CT molecular complexity index is 261. The van der Waals surface area contributed by atoms with Gasteiger partial charge in [-0.15, -0.1) is 0 Å². The number of esters is 1. The molecule has 138 valence electrons. The lowest BCUT2D eigenvalue weighted by Crippen LogP contribution is -2.23. The van der Waals surface area contributed by atoms with Crippen LogP contribution in [0, 0.1) is 11.8 Å². The van der Waals surface area contributed by atoms with Crippen LogP contribution in [0.2, 0.25) is 0 Å². The molecule has 0 aliphatic carbocycles. The first-order chi connectivity index (χ1) is 11.1. The van der Waals surface area contributed by atoms with Crippen LogP contribution < -0.4 is 0 Å². The first kappa shape index (κ1) is 22.5. The number of hydrogen-bond donors (Lipinski definition) is 0. The standard InChI is InChI=1S/C21H42O2/c1-5-7-9-11-12-13-14-15-17-20(19(3)4)21(22)23-18-16-10-8-6-2/h19-20H,5-18H2,1-4H3. The summed E-state index contributed by atoms with van der Waals surface area (Å²) < 4.78 is 5.50. The molecule has 0 bridgehead atoms. The monoisotopic (exact) mass is 326 g/mol. The van der Waals surface area contributed by atoms with Crippen LogP contribution in [-0.2, 0) is 9.53 Å². The molecule has 0 spiro atoms. The van der Waals surface area contributed by atoms with E-state index in [2.05, 4.69) is 27.7 Å². The summed E-state index contributed by atoms with van der Waals surface area (Å²) in [5.41, 5.74) is 0. The van der Waals surface area contributed by atoms with E-state index in [1.807, 2.05) is 0 Å². The van der Waals surface area contributed by atoms with Crippen molar-refractivity contribution in [2.24, 2.45) is 11.8 Å². The Labute approximate surface area is 145 Å². The molecule has 2 heteroatoms. The zero-order chi connectivity index (χ0) is 17.3. The van der Waals surface area contributed by atoms with E-state index in [4.69, 9.17) is 4.74 Å². The van der Waals surface area contributed by atoms with Crippen molar-refractivity contribution in [1.29, 1.82) is 0 Å². The van der Waals surface area contributed by atoms with Gasteiger partial charge in [-0.05, 0) is 18.8 Å². The molecule has 0 radical (unpaired) electrons. The van der Waals surface area contributed by atoms with Crippen molar-refractivity contribution in [1.82, 2.24) is 0 Å². The summed E-state index contributed by atoms with van der Waals surface area (Å²) in [4.78, 5) is 12.2. The number of hydrogen-bond acceptors (Lipinski definition) is 2. The molecule has 0 rings (SSSR count). The van der Waals surface area contributed by atoms with Crippen LogP contribution in [0.5, 0.6) is 0 Å². The first-order valence-corrected chi connectivity index (χ1v) is 10.3. The maximum atomic E-state index is 12.2. The average Bonchev–Trinajstić information content (AvgIpc) is 2.52. The van der Waals surface area contributed by atoms with Crippen LogP contribution in [0.4, 0.5) is 0 Å². The quantitative estimate of drug-likeness (QED) is 0.227. The molecule has 0 heterocycles. The van der Waals surface area contributed by atoms with Crippen LogP contribution >= 0.6 is 0 Å². The Balaban J connectivity index is 3.74. The molecule has 1 unspecified atom stereocenters. The summed E-state index contributed by atoms with van der Waals surface area (Å²) in [7, 11) is 0. The average molecular weight is 327 g/mol. The van der Waals surface area contributed by atoms with E-state index in [0.717, 1.165) is 12.8 Å². The fourth-order valence-electron chi connectivity index (χ4n) is 3.03. The molecule has 23 heavy (non-hydrogen) atoms. The van der Waals surface area contributed by atoms with Crippen molar-refractivity contribution in [2.45, 2.75) is 111 Å². The topological polar surface area (TPSA) is 26.3 Å². The lowest BCUT2D eigenvalue weighted by atomic mass is 9.90. The van der Waals surface area contributed by atoms with Gasteiger partial charge in [0.1, 0.15) is 0 Å². The molecule has 0 fully saturated rings. The van der Waals surface area contributed by atoms with Crippen molar-refractivity contribution in [2.75, 3.05) is 6.61 Å². The van der Waals surface area contributed by atoms with Crippen LogP contribution in [-0.4, -0.2) is 12.6 Å². The lowest BCUT2D eigenvalue weighted by molar-refractivity contribution is -0.150. The molecule has 0 aliphatic rings. The molecule has 1 atom stereocenters. The van der Waals surface area contributed by atoms with Crippen LogP contribution in [0.1, 0.15) is 111 Å². The molecule has 0 saturated heterocycles. The van der Waals surface area contributed by atoms with Gasteiger partial charge in [0.15, 0.2) is 0 Å². The van der Waals surface area contributed by atoms with Crippen molar-refractivity contribution in [3.63, 3.8) is 0 Å². The minimum absolute atomic E-state index is 0.0412. The van der Waals surface area contributed by atoms with Gasteiger partial charge in [0.2, 0.25) is 0 Å². The van der Waals surface area contributed by atoms with Gasteiger partial charge in [0, 0.05) is 0 Å². The number of carbonyl (C=O) groups excluding carboxylic acids is 1. The van der Waals surface area contributed by atoms with Gasteiger partial charge in [0.25, 0.3) is 0 Å². The largest absolute Gasteiger partial charge is 0.465 e. The van der Waals surface area contributed by atoms with E-state index in [0.29, 0.717) is 12.5 Å². The molecular formula is C21H42O2. The second kappa shape index (κ2) is 16.3.